The standard InChI is InChI=1S/C6H16NO2.C3H6O3/c1-7(2,3-5-8)4-6-9;1-2(4)3(5)6/h8-9H,3-6H2,1-2H3;2,4H,1H3,(H,5,6)/q+1;/p-1. The van der Waals surface area contributed by atoms with Crippen molar-refractivity contribution in [1.29, 1.82) is 0 Å². The number of likely N-dealkylation sites (N-methyl/N-ethyl adjacent to an activating group) is 1. The maximum Gasteiger partial charge on any atom is 0.102 e. The van der Waals surface area contributed by atoms with Crippen LogP contribution in [0.2, 0.25) is 0 Å². The lowest BCUT2D eigenvalue weighted by Gasteiger charge is -2.27. The molecule has 1 unspecified atom stereocenters. The number of aliphatic hydroxyl groups is 3. The predicted octanol–water partition coefficient (Wildman–Crippen LogP) is -2.84. The van der Waals surface area contributed by atoms with Gasteiger partial charge in [-0.3, -0.25) is 0 Å². The van der Waals surface area contributed by atoms with Crippen molar-refractivity contribution in [1.82, 2.24) is 0 Å². The summed E-state index contributed by atoms with van der Waals surface area (Å²) in [5.41, 5.74) is 0. The van der Waals surface area contributed by atoms with Gasteiger partial charge in [0, 0.05) is 0 Å². The summed E-state index contributed by atoms with van der Waals surface area (Å²) >= 11 is 0. The second-order valence-electron chi connectivity index (χ2n) is 3.83. The van der Waals surface area contributed by atoms with Crippen molar-refractivity contribution >= 4 is 5.97 Å². The first-order chi connectivity index (χ1) is 6.76. The normalized spacial score (nSPS) is 12.7. The Bertz CT molecular complexity index is 162. The predicted molar refractivity (Wildman–Crippen MR) is 52.7 cm³/mol. The summed E-state index contributed by atoms with van der Waals surface area (Å²) in [5.74, 6) is -1.44. The third-order valence-corrected chi connectivity index (χ3v) is 1.75. The molecule has 0 saturated heterocycles. The van der Waals surface area contributed by atoms with Gasteiger partial charge in [-0.1, -0.05) is 0 Å². The van der Waals surface area contributed by atoms with Crippen LogP contribution in [0.5, 0.6) is 0 Å². The number of carboxylic acids is 1. The first-order valence-corrected chi connectivity index (χ1v) is 4.69. The second-order valence-corrected chi connectivity index (χ2v) is 3.83. The lowest BCUT2D eigenvalue weighted by molar-refractivity contribution is -0.890. The Morgan fingerprint density at radius 3 is 1.67 bits per heavy atom. The molecule has 6 nitrogen and oxygen atoms in total. The fraction of sp³-hybridized carbons (Fsp3) is 0.889. The molecule has 15 heavy (non-hydrogen) atoms. The molecule has 0 bridgehead atoms. The van der Waals surface area contributed by atoms with Crippen LogP contribution in [0.1, 0.15) is 6.92 Å². The van der Waals surface area contributed by atoms with Gasteiger partial charge in [0.25, 0.3) is 0 Å². The van der Waals surface area contributed by atoms with E-state index in [1.807, 2.05) is 14.1 Å². The summed E-state index contributed by atoms with van der Waals surface area (Å²) in [4.78, 5) is 9.34. The molecule has 0 heterocycles. The van der Waals surface area contributed by atoms with Crippen LogP contribution in [-0.4, -0.2) is 72.3 Å². The molecule has 0 aliphatic rings. The van der Waals surface area contributed by atoms with Gasteiger partial charge in [0.1, 0.15) is 13.1 Å². The number of hydrogen-bond donors (Lipinski definition) is 3. The van der Waals surface area contributed by atoms with Gasteiger partial charge >= 0.3 is 0 Å². The first-order valence-electron chi connectivity index (χ1n) is 4.69. The highest BCUT2D eigenvalue weighted by Crippen LogP contribution is 1.92. The van der Waals surface area contributed by atoms with Gasteiger partial charge in [0.2, 0.25) is 0 Å². The van der Waals surface area contributed by atoms with Crippen molar-refractivity contribution in [3.05, 3.63) is 0 Å². The van der Waals surface area contributed by atoms with E-state index in [0.29, 0.717) is 17.6 Å². The Morgan fingerprint density at radius 1 is 1.27 bits per heavy atom. The van der Waals surface area contributed by atoms with Crippen LogP contribution >= 0.6 is 0 Å². The van der Waals surface area contributed by atoms with Crippen molar-refractivity contribution in [2.45, 2.75) is 13.0 Å². The van der Waals surface area contributed by atoms with Crippen LogP contribution in [0.25, 0.3) is 0 Å². The molecule has 92 valence electrons. The summed E-state index contributed by atoms with van der Waals surface area (Å²) in [5, 5.41) is 34.4. The fourth-order valence-corrected chi connectivity index (χ4v) is 0.653. The Balaban J connectivity index is 0. The zero-order valence-corrected chi connectivity index (χ0v) is 9.51. The molecule has 0 aliphatic heterocycles. The Kier molecular flexibility index (Phi) is 9.60. The van der Waals surface area contributed by atoms with Gasteiger partial charge in [0.05, 0.1) is 39.4 Å². The number of quaternary nitrogens is 1. The first kappa shape index (κ1) is 16.7. The average Bonchev–Trinajstić information content (AvgIpc) is 2.04. The molecule has 6 heteroatoms. The summed E-state index contributed by atoms with van der Waals surface area (Å²) in [7, 11) is 3.96. The number of nitrogens with zero attached hydrogens (tertiary/aromatic N) is 1. The van der Waals surface area contributed by atoms with E-state index in [1.54, 1.807) is 0 Å². The summed E-state index contributed by atoms with van der Waals surface area (Å²) < 4.78 is 0.688. The number of carbonyl (C=O) groups excluding carboxylic acids is 1. The molecule has 3 N–H and O–H groups in total. The lowest BCUT2D eigenvalue weighted by atomic mass is 10.4. The van der Waals surface area contributed by atoms with Crippen LogP contribution in [-0.2, 0) is 4.79 Å². The summed E-state index contributed by atoms with van der Waals surface area (Å²) in [6.45, 7) is 2.93. The number of carboxylic acid groups (broad SMARTS) is 1. The Morgan fingerprint density at radius 2 is 1.53 bits per heavy atom. The number of carbonyl (C=O) groups is 1. The van der Waals surface area contributed by atoms with Gasteiger partial charge in [0.15, 0.2) is 0 Å². The molecule has 0 rings (SSSR count). The molecule has 0 aliphatic carbocycles. The number of aliphatic carboxylic acids is 1. The smallest absolute Gasteiger partial charge is 0.102 e. The van der Waals surface area contributed by atoms with Gasteiger partial charge in [-0.25, -0.2) is 0 Å². The van der Waals surface area contributed by atoms with Crippen molar-refractivity contribution in [3.8, 4) is 0 Å². The molecule has 0 aromatic heterocycles. The SMILES string of the molecule is CC(O)C(=O)[O-].C[N+](C)(CCO)CCO. The van der Waals surface area contributed by atoms with Crippen molar-refractivity contribution in [3.63, 3.8) is 0 Å². The van der Waals surface area contributed by atoms with E-state index in [1.165, 1.54) is 0 Å². The highest BCUT2D eigenvalue weighted by Gasteiger charge is 2.11. The number of hydrogen-bond acceptors (Lipinski definition) is 5. The maximum atomic E-state index is 9.34. The molecule has 0 spiro atoms. The van der Waals surface area contributed by atoms with Crippen LogP contribution in [0.3, 0.4) is 0 Å². The van der Waals surface area contributed by atoms with E-state index in [2.05, 4.69) is 0 Å². The van der Waals surface area contributed by atoms with Gasteiger partial charge in [-0.05, 0) is 6.92 Å². The monoisotopic (exact) mass is 223 g/mol. The quantitative estimate of drug-likeness (QED) is 0.436. The zero-order valence-electron chi connectivity index (χ0n) is 9.51. The van der Waals surface area contributed by atoms with Gasteiger partial charge in [-0.15, -0.1) is 0 Å². The van der Waals surface area contributed by atoms with E-state index >= 15 is 0 Å². The minimum absolute atomic E-state index is 0.188. The molecule has 0 radical (unpaired) electrons. The van der Waals surface area contributed by atoms with E-state index in [0.717, 1.165) is 6.92 Å². The summed E-state index contributed by atoms with van der Waals surface area (Å²) in [6.07, 6.45) is -1.34. The zero-order chi connectivity index (χ0) is 12.5. The lowest BCUT2D eigenvalue weighted by Crippen LogP contribution is -2.43. The van der Waals surface area contributed by atoms with Gasteiger partial charge < -0.3 is 29.7 Å². The van der Waals surface area contributed by atoms with Crippen LogP contribution in [0.15, 0.2) is 0 Å². The highest BCUT2D eigenvalue weighted by atomic mass is 16.4. The van der Waals surface area contributed by atoms with E-state index in [9.17, 15) is 9.90 Å². The molecule has 0 aromatic rings. The highest BCUT2D eigenvalue weighted by molar-refractivity contribution is 5.68. The van der Waals surface area contributed by atoms with E-state index < -0.39 is 12.1 Å². The molecule has 0 fully saturated rings. The molecular weight excluding hydrogens is 202 g/mol. The summed E-state index contributed by atoms with van der Waals surface area (Å²) in [6, 6.07) is 0. The minimum Gasteiger partial charge on any atom is -0.547 e. The minimum atomic E-state index is -1.44. The topological polar surface area (TPSA) is 101 Å². The number of aliphatic hydroxyl groups excluding tert-OH is 3. The van der Waals surface area contributed by atoms with E-state index in [-0.39, 0.29) is 13.2 Å². The third-order valence-electron chi connectivity index (χ3n) is 1.75. The average molecular weight is 223 g/mol. The Labute approximate surface area is 90.0 Å². The van der Waals surface area contributed by atoms with Crippen molar-refractivity contribution in [2.24, 2.45) is 0 Å². The van der Waals surface area contributed by atoms with Crippen LogP contribution in [0.4, 0.5) is 0 Å². The third kappa shape index (κ3) is 13.3. The van der Waals surface area contributed by atoms with E-state index in [4.69, 9.17) is 15.3 Å². The van der Waals surface area contributed by atoms with Crippen LogP contribution < -0.4 is 5.11 Å². The molecular formula is C9H21NO5. The molecule has 1 atom stereocenters. The molecule has 0 aromatic carbocycles. The molecule has 0 amide bonds. The maximum absolute atomic E-state index is 9.34. The largest absolute Gasteiger partial charge is 0.547 e. The number of rotatable bonds is 5. The molecule has 0 saturated carbocycles. The second kappa shape index (κ2) is 8.60. The van der Waals surface area contributed by atoms with Crippen LogP contribution in [0, 0.1) is 0 Å². The van der Waals surface area contributed by atoms with Crippen molar-refractivity contribution in [2.75, 3.05) is 40.4 Å². The Hall–Kier alpha value is -0.690. The van der Waals surface area contributed by atoms with Gasteiger partial charge in [-0.2, -0.15) is 0 Å². The van der Waals surface area contributed by atoms with Crippen molar-refractivity contribution < 1.29 is 29.7 Å². The fourth-order valence-electron chi connectivity index (χ4n) is 0.653.